The Balaban J connectivity index is 0.000000353. The number of aromatic nitrogens is 2. The van der Waals surface area contributed by atoms with E-state index >= 15 is 0 Å². The van der Waals surface area contributed by atoms with Crippen LogP contribution in [0.5, 0.6) is 5.75 Å². The van der Waals surface area contributed by atoms with Crippen molar-refractivity contribution in [3.63, 3.8) is 0 Å². The van der Waals surface area contributed by atoms with Gasteiger partial charge in [-0.05, 0) is 56.5 Å². The van der Waals surface area contributed by atoms with Crippen LogP contribution in [0.15, 0.2) is 42.5 Å². The number of ether oxygens (including phenoxy) is 1. The van der Waals surface area contributed by atoms with Crippen molar-refractivity contribution < 1.29 is 14.6 Å². The average molecular weight is 394 g/mol. The lowest BCUT2D eigenvalue weighted by Gasteiger charge is -2.19. The van der Waals surface area contributed by atoms with E-state index in [0.29, 0.717) is 18.0 Å². The number of amides is 1. The van der Waals surface area contributed by atoms with E-state index in [9.17, 15) is 9.90 Å². The summed E-state index contributed by atoms with van der Waals surface area (Å²) >= 11 is 0. The van der Waals surface area contributed by atoms with E-state index < -0.39 is 6.09 Å². The number of hydrogen-bond donors (Lipinski definition) is 2. The number of hydrogen-bond acceptors (Lipinski definition) is 6. The zero-order chi connectivity index (χ0) is 20.8. The molecule has 2 heterocycles. The van der Waals surface area contributed by atoms with Crippen LogP contribution in [0, 0.1) is 6.92 Å². The number of benzene rings is 2. The molecule has 1 aromatic heterocycles. The Morgan fingerprint density at radius 2 is 1.90 bits per heavy atom. The highest BCUT2D eigenvalue weighted by molar-refractivity contribution is 5.92. The minimum Gasteiger partial charge on any atom is -0.507 e. The quantitative estimate of drug-likeness (QED) is 0.696. The number of anilines is 1. The van der Waals surface area contributed by atoms with Crippen LogP contribution in [0.4, 0.5) is 10.6 Å². The highest BCUT2D eigenvalue weighted by Gasteiger charge is 2.19. The highest BCUT2D eigenvalue weighted by atomic mass is 16.5. The summed E-state index contributed by atoms with van der Waals surface area (Å²) in [6.07, 6.45) is 1.68. The molecule has 3 N–H and O–H groups in total. The number of phenolic OH excluding ortho intramolecular Hbond substituents is 1. The first kappa shape index (κ1) is 20.4. The van der Waals surface area contributed by atoms with Gasteiger partial charge >= 0.3 is 6.09 Å². The van der Waals surface area contributed by atoms with Gasteiger partial charge in [-0.3, -0.25) is 0 Å². The van der Waals surface area contributed by atoms with Gasteiger partial charge in [-0.1, -0.05) is 18.2 Å². The van der Waals surface area contributed by atoms with Crippen molar-refractivity contribution in [3.05, 3.63) is 48.0 Å². The molecule has 1 aliphatic rings. The van der Waals surface area contributed by atoms with E-state index in [2.05, 4.69) is 40.5 Å². The predicted octanol–water partition coefficient (Wildman–Crippen LogP) is 4.01. The van der Waals surface area contributed by atoms with Crippen molar-refractivity contribution in [2.45, 2.75) is 26.7 Å². The molecule has 0 atom stereocenters. The van der Waals surface area contributed by atoms with E-state index in [0.717, 1.165) is 29.8 Å². The molecule has 0 unspecified atom stereocenters. The molecular formula is C22H26N4O3. The Morgan fingerprint density at radius 3 is 2.52 bits per heavy atom. The lowest BCUT2D eigenvalue weighted by atomic mass is 10.1. The molecule has 29 heavy (non-hydrogen) atoms. The van der Waals surface area contributed by atoms with Gasteiger partial charge in [-0.2, -0.15) is 0 Å². The number of nitrogens with two attached hydrogens (primary N) is 1. The van der Waals surface area contributed by atoms with E-state index in [-0.39, 0.29) is 5.75 Å². The van der Waals surface area contributed by atoms with Gasteiger partial charge in [0.15, 0.2) is 5.82 Å². The maximum Gasteiger partial charge on any atom is 0.404 e. The summed E-state index contributed by atoms with van der Waals surface area (Å²) < 4.78 is 4.18. The summed E-state index contributed by atoms with van der Waals surface area (Å²) in [6.45, 7) is 6.18. The first-order valence-corrected chi connectivity index (χ1v) is 9.73. The second kappa shape index (κ2) is 9.23. The van der Waals surface area contributed by atoms with Crippen LogP contribution in [0.3, 0.4) is 0 Å². The number of aryl methyl sites for hydroxylation is 1. The first-order valence-electron chi connectivity index (χ1n) is 9.73. The van der Waals surface area contributed by atoms with Gasteiger partial charge < -0.3 is 20.5 Å². The van der Waals surface area contributed by atoms with Crippen LogP contribution >= 0.6 is 0 Å². The third-order valence-electron chi connectivity index (χ3n) is 4.67. The van der Waals surface area contributed by atoms with Crippen LogP contribution in [-0.4, -0.2) is 40.9 Å². The number of phenols is 1. The first-order chi connectivity index (χ1) is 14.0. The number of rotatable bonds is 3. The summed E-state index contributed by atoms with van der Waals surface area (Å²) in [5, 5.41) is 11.2. The van der Waals surface area contributed by atoms with Crippen LogP contribution in [0.1, 0.15) is 25.3 Å². The van der Waals surface area contributed by atoms with E-state index in [1.807, 2.05) is 18.2 Å². The van der Waals surface area contributed by atoms with Crippen LogP contribution in [0.25, 0.3) is 22.3 Å². The zero-order valence-corrected chi connectivity index (χ0v) is 16.8. The number of para-hydroxylation sites is 1. The number of aromatic hydroxyl groups is 1. The monoisotopic (exact) mass is 394 g/mol. The molecule has 1 aliphatic heterocycles. The minimum absolute atomic E-state index is 0.215. The lowest BCUT2D eigenvalue weighted by Crippen LogP contribution is -2.20. The third-order valence-corrected chi connectivity index (χ3v) is 4.67. The Labute approximate surface area is 170 Å². The Bertz CT molecular complexity index is 1000. The predicted molar refractivity (Wildman–Crippen MR) is 114 cm³/mol. The van der Waals surface area contributed by atoms with Crippen LogP contribution in [-0.2, 0) is 4.74 Å². The molecule has 7 heteroatoms. The number of nitrogens with zero attached hydrogens (tertiary/aromatic N) is 3. The summed E-state index contributed by atoms with van der Waals surface area (Å²) in [4.78, 5) is 21.4. The second-order valence-electron chi connectivity index (χ2n) is 6.85. The van der Waals surface area contributed by atoms with Crippen molar-refractivity contribution in [2.75, 3.05) is 24.6 Å². The molecule has 0 saturated carbocycles. The van der Waals surface area contributed by atoms with Gasteiger partial charge in [-0.25, -0.2) is 14.8 Å². The van der Waals surface area contributed by atoms with Crippen molar-refractivity contribution in [2.24, 2.45) is 5.73 Å². The Morgan fingerprint density at radius 1 is 1.17 bits per heavy atom. The second-order valence-corrected chi connectivity index (χ2v) is 6.85. The molecule has 2 aromatic carbocycles. The smallest absolute Gasteiger partial charge is 0.404 e. The van der Waals surface area contributed by atoms with Gasteiger partial charge in [0, 0.05) is 18.5 Å². The van der Waals surface area contributed by atoms with Crippen molar-refractivity contribution in [3.8, 4) is 17.1 Å². The SMILES string of the molecule is CCOC(N)=O.Cc1ccc2c(N3CCCC3)nc(-c3ccccc3O)nc2c1. The van der Waals surface area contributed by atoms with Crippen molar-refractivity contribution in [1.29, 1.82) is 0 Å². The summed E-state index contributed by atoms with van der Waals surface area (Å²) in [7, 11) is 0. The highest BCUT2D eigenvalue weighted by Crippen LogP contribution is 2.32. The van der Waals surface area contributed by atoms with Gasteiger partial charge in [-0.15, -0.1) is 0 Å². The fourth-order valence-electron chi connectivity index (χ4n) is 3.32. The van der Waals surface area contributed by atoms with E-state index in [4.69, 9.17) is 9.97 Å². The van der Waals surface area contributed by atoms with Crippen LogP contribution < -0.4 is 10.6 Å². The molecule has 152 valence electrons. The number of carbonyl (C=O) groups excluding carboxylic acids is 1. The molecule has 4 rings (SSSR count). The van der Waals surface area contributed by atoms with Crippen LogP contribution in [0.2, 0.25) is 0 Å². The molecular weight excluding hydrogens is 368 g/mol. The molecule has 1 fully saturated rings. The fraction of sp³-hybridized carbons (Fsp3) is 0.318. The number of carbonyl (C=O) groups is 1. The van der Waals surface area contributed by atoms with Crippen molar-refractivity contribution >= 4 is 22.8 Å². The molecule has 0 bridgehead atoms. The summed E-state index contributed by atoms with van der Waals surface area (Å²) in [5.41, 5.74) is 7.32. The Kier molecular flexibility index (Phi) is 6.49. The zero-order valence-electron chi connectivity index (χ0n) is 16.8. The standard InChI is InChI=1S/C19H19N3O.C3H7NO2/c1-13-8-9-14-16(12-13)20-18(15-6-2-3-7-17(15)23)21-19(14)22-10-4-5-11-22;1-2-6-3(4)5/h2-3,6-9,12,23H,4-5,10-11H2,1H3;2H2,1H3,(H2,4,5). The van der Waals surface area contributed by atoms with Gasteiger partial charge in [0.2, 0.25) is 0 Å². The van der Waals surface area contributed by atoms with Gasteiger partial charge in [0.05, 0.1) is 17.7 Å². The van der Waals surface area contributed by atoms with Crippen molar-refractivity contribution in [1.82, 2.24) is 9.97 Å². The number of fused-ring (bicyclic) bond motifs is 1. The van der Waals surface area contributed by atoms with Gasteiger partial charge in [0.1, 0.15) is 11.6 Å². The molecule has 1 saturated heterocycles. The maximum atomic E-state index is 10.2. The minimum atomic E-state index is -0.711. The molecule has 1 amide bonds. The Hall–Kier alpha value is -3.35. The molecule has 0 aliphatic carbocycles. The third kappa shape index (κ3) is 4.93. The largest absolute Gasteiger partial charge is 0.507 e. The molecule has 0 spiro atoms. The molecule has 3 aromatic rings. The van der Waals surface area contributed by atoms with Gasteiger partial charge in [0.25, 0.3) is 0 Å². The van der Waals surface area contributed by atoms with E-state index in [1.54, 1.807) is 13.0 Å². The molecule has 7 nitrogen and oxygen atoms in total. The average Bonchev–Trinajstić information content (AvgIpc) is 3.22. The summed E-state index contributed by atoms with van der Waals surface area (Å²) in [5.74, 6) is 1.78. The molecule has 0 radical (unpaired) electrons. The normalized spacial score (nSPS) is 13.1. The van der Waals surface area contributed by atoms with E-state index in [1.165, 1.54) is 18.4 Å². The topological polar surface area (TPSA) is 102 Å². The summed E-state index contributed by atoms with van der Waals surface area (Å²) in [6, 6.07) is 13.5. The fourth-order valence-corrected chi connectivity index (χ4v) is 3.32. The number of primary amides is 1. The lowest BCUT2D eigenvalue weighted by molar-refractivity contribution is 0.163. The maximum absolute atomic E-state index is 10.2.